The number of hydrogen-bond acceptors (Lipinski definition) is 3. The quantitative estimate of drug-likeness (QED) is 0.549. The summed E-state index contributed by atoms with van der Waals surface area (Å²) < 4.78 is 15.8. The summed E-state index contributed by atoms with van der Waals surface area (Å²) >= 11 is 0. The number of carbonyl (C=O) groups is 1. The lowest BCUT2D eigenvalue weighted by Crippen LogP contribution is -2.15. The Labute approximate surface area is 175 Å². The topological polar surface area (TPSA) is 59.8 Å². The van der Waals surface area contributed by atoms with E-state index in [1.54, 1.807) is 44.4 Å². The number of nitrogens with one attached hydrogen (secondary N) is 1. The van der Waals surface area contributed by atoms with E-state index in [4.69, 9.17) is 0 Å². The molecule has 154 valence electrons. The average molecular weight is 404 g/mol. The molecule has 4 rings (SSSR count). The van der Waals surface area contributed by atoms with Crippen LogP contribution in [0.25, 0.3) is 17.2 Å². The Bertz CT molecular complexity index is 1060. The van der Waals surface area contributed by atoms with Crippen LogP contribution in [0.2, 0.25) is 0 Å². The molecule has 1 aliphatic carbocycles. The number of amides is 1. The van der Waals surface area contributed by atoms with E-state index in [-0.39, 0.29) is 5.91 Å². The lowest BCUT2D eigenvalue weighted by Gasteiger charge is -2.14. The maximum atomic E-state index is 13.8. The predicted octanol–water partition coefficient (Wildman–Crippen LogP) is 5.22. The van der Waals surface area contributed by atoms with Crippen LogP contribution in [0.1, 0.15) is 43.9 Å². The van der Waals surface area contributed by atoms with Crippen LogP contribution in [-0.2, 0) is 11.2 Å². The summed E-state index contributed by atoms with van der Waals surface area (Å²) in [6.45, 7) is 3.11. The molecular formula is C24H25FN4O. The van der Waals surface area contributed by atoms with Crippen LogP contribution in [0.4, 0.5) is 10.1 Å². The molecule has 1 fully saturated rings. The molecular weight excluding hydrogens is 379 g/mol. The number of nitrogens with zero attached hydrogens (tertiary/aromatic N) is 3. The van der Waals surface area contributed by atoms with E-state index in [2.05, 4.69) is 15.4 Å². The number of benzene rings is 1. The van der Waals surface area contributed by atoms with Crippen molar-refractivity contribution in [2.24, 2.45) is 0 Å². The Morgan fingerprint density at radius 2 is 2.00 bits per heavy atom. The van der Waals surface area contributed by atoms with Gasteiger partial charge in [-0.1, -0.05) is 12.1 Å². The van der Waals surface area contributed by atoms with Gasteiger partial charge in [0.1, 0.15) is 5.67 Å². The van der Waals surface area contributed by atoms with Crippen LogP contribution < -0.4 is 5.32 Å². The molecule has 0 bridgehead atoms. The van der Waals surface area contributed by atoms with Gasteiger partial charge in [-0.2, -0.15) is 5.10 Å². The Morgan fingerprint density at radius 3 is 2.70 bits per heavy atom. The number of halogens is 1. The van der Waals surface area contributed by atoms with Crippen LogP contribution >= 0.6 is 0 Å². The lowest BCUT2D eigenvalue weighted by atomic mass is 10.0. The molecule has 5 nitrogen and oxygen atoms in total. The van der Waals surface area contributed by atoms with Gasteiger partial charge >= 0.3 is 0 Å². The van der Waals surface area contributed by atoms with Gasteiger partial charge in [0.05, 0.1) is 12.2 Å². The van der Waals surface area contributed by atoms with Crippen molar-refractivity contribution >= 4 is 17.7 Å². The van der Waals surface area contributed by atoms with Crippen molar-refractivity contribution < 1.29 is 9.18 Å². The Morgan fingerprint density at radius 1 is 1.23 bits per heavy atom. The molecule has 0 atom stereocenters. The molecule has 6 heteroatoms. The average Bonchev–Trinajstić information content (AvgIpc) is 3.44. The van der Waals surface area contributed by atoms with E-state index in [0.29, 0.717) is 18.2 Å². The highest BCUT2D eigenvalue weighted by Gasteiger charge is 2.24. The van der Waals surface area contributed by atoms with E-state index in [9.17, 15) is 9.18 Å². The zero-order chi connectivity index (χ0) is 21.1. The van der Waals surface area contributed by atoms with Gasteiger partial charge in [-0.25, -0.2) is 4.39 Å². The first-order valence-electron chi connectivity index (χ1n) is 10.1. The molecule has 1 aromatic carbocycles. The summed E-state index contributed by atoms with van der Waals surface area (Å²) in [5.41, 5.74) is 3.15. The molecule has 0 spiro atoms. The minimum atomic E-state index is -1.26. The van der Waals surface area contributed by atoms with Crippen molar-refractivity contribution in [3.63, 3.8) is 0 Å². The highest BCUT2D eigenvalue weighted by atomic mass is 19.1. The van der Waals surface area contributed by atoms with Crippen molar-refractivity contribution in [3.05, 3.63) is 72.3 Å². The van der Waals surface area contributed by atoms with Crippen LogP contribution in [0.5, 0.6) is 0 Å². The fraction of sp³-hybridized carbons (Fsp3) is 0.292. The second-order valence-corrected chi connectivity index (χ2v) is 8.32. The normalized spacial score (nSPS) is 14.2. The standard InChI is InChI=1S/C24H25FN4O/c1-24(2,25)13-17-3-6-20(7-4-17)28-23(30)10-5-18-14-26-12-11-22(18)19-15-27-29(16-19)21-8-9-21/h3-7,10-12,14-16,21H,8-9,13H2,1-2H3,(H,28,30)/b10-5+. The second kappa shape index (κ2) is 8.22. The zero-order valence-corrected chi connectivity index (χ0v) is 17.2. The molecule has 0 unspecified atom stereocenters. The molecule has 1 saturated carbocycles. The maximum absolute atomic E-state index is 13.8. The molecule has 1 N–H and O–H groups in total. The highest BCUT2D eigenvalue weighted by Crippen LogP contribution is 2.35. The first kappa shape index (κ1) is 20.0. The van der Waals surface area contributed by atoms with Crippen molar-refractivity contribution in [3.8, 4) is 11.1 Å². The molecule has 0 saturated heterocycles. The number of aromatic nitrogens is 3. The van der Waals surface area contributed by atoms with E-state index < -0.39 is 5.67 Å². The van der Waals surface area contributed by atoms with Crippen molar-refractivity contribution in [1.82, 2.24) is 14.8 Å². The van der Waals surface area contributed by atoms with Gasteiger partial charge in [0.15, 0.2) is 0 Å². The van der Waals surface area contributed by atoms with Crippen LogP contribution in [0, 0.1) is 0 Å². The summed E-state index contributed by atoms with van der Waals surface area (Å²) in [5, 5.41) is 7.28. The third-order valence-electron chi connectivity index (χ3n) is 4.95. The van der Waals surface area contributed by atoms with Gasteiger partial charge < -0.3 is 5.32 Å². The maximum Gasteiger partial charge on any atom is 0.248 e. The first-order chi connectivity index (χ1) is 14.4. The molecule has 0 aliphatic heterocycles. The first-order valence-corrected chi connectivity index (χ1v) is 10.1. The summed E-state index contributed by atoms with van der Waals surface area (Å²) in [7, 11) is 0. The molecule has 2 aromatic heterocycles. The Kier molecular flexibility index (Phi) is 5.48. The molecule has 1 aliphatic rings. The largest absolute Gasteiger partial charge is 0.323 e. The summed E-state index contributed by atoms with van der Waals surface area (Å²) in [5.74, 6) is -0.239. The number of rotatable bonds is 7. The third-order valence-corrected chi connectivity index (χ3v) is 4.95. The Hall–Kier alpha value is -3.28. The van der Waals surface area contributed by atoms with Gasteiger partial charge in [0, 0.05) is 47.9 Å². The SMILES string of the molecule is CC(C)(F)Cc1ccc(NC(=O)/C=C/c2cnccc2-c2cnn(C3CC3)c2)cc1. The van der Waals surface area contributed by atoms with Crippen molar-refractivity contribution in [1.29, 1.82) is 0 Å². The summed E-state index contributed by atoms with van der Waals surface area (Å²) in [6.07, 6.45) is 13.3. The molecule has 3 aromatic rings. The monoisotopic (exact) mass is 404 g/mol. The summed E-state index contributed by atoms with van der Waals surface area (Å²) in [6, 6.07) is 9.68. The van der Waals surface area contributed by atoms with Gasteiger partial charge in [-0.15, -0.1) is 0 Å². The van der Waals surface area contributed by atoms with Gasteiger partial charge in [-0.05, 0) is 62.1 Å². The zero-order valence-electron chi connectivity index (χ0n) is 17.2. The van der Waals surface area contributed by atoms with E-state index in [0.717, 1.165) is 22.3 Å². The highest BCUT2D eigenvalue weighted by molar-refractivity contribution is 6.02. The van der Waals surface area contributed by atoms with Crippen molar-refractivity contribution in [2.75, 3.05) is 5.32 Å². The van der Waals surface area contributed by atoms with E-state index in [1.165, 1.54) is 18.9 Å². The molecule has 0 radical (unpaired) electrons. The van der Waals surface area contributed by atoms with Gasteiger partial charge in [0.2, 0.25) is 5.91 Å². The predicted molar refractivity (Wildman–Crippen MR) is 117 cm³/mol. The molecule has 2 heterocycles. The van der Waals surface area contributed by atoms with Gasteiger partial charge in [0.25, 0.3) is 0 Å². The van der Waals surface area contributed by atoms with E-state index >= 15 is 0 Å². The van der Waals surface area contributed by atoms with Crippen LogP contribution in [0.15, 0.2) is 61.2 Å². The van der Waals surface area contributed by atoms with E-state index in [1.807, 2.05) is 35.3 Å². The number of pyridine rings is 1. The smallest absolute Gasteiger partial charge is 0.248 e. The number of carbonyl (C=O) groups excluding carboxylic acids is 1. The number of anilines is 1. The fourth-order valence-electron chi connectivity index (χ4n) is 3.36. The summed E-state index contributed by atoms with van der Waals surface area (Å²) in [4.78, 5) is 16.5. The fourth-order valence-corrected chi connectivity index (χ4v) is 3.36. The minimum Gasteiger partial charge on any atom is -0.323 e. The minimum absolute atomic E-state index is 0.239. The number of alkyl halides is 1. The Balaban J connectivity index is 1.43. The second-order valence-electron chi connectivity index (χ2n) is 8.32. The van der Waals surface area contributed by atoms with Crippen LogP contribution in [-0.4, -0.2) is 26.3 Å². The van der Waals surface area contributed by atoms with Gasteiger partial charge in [-0.3, -0.25) is 14.5 Å². The third kappa shape index (κ3) is 5.20. The molecule has 1 amide bonds. The lowest BCUT2D eigenvalue weighted by molar-refractivity contribution is -0.111. The number of hydrogen-bond donors (Lipinski definition) is 1. The van der Waals surface area contributed by atoms with Crippen LogP contribution in [0.3, 0.4) is 0 Å². The van der Waals surface area contributed by atoms with Crippen molar-refractivity contribution in [2.45, 2.75) is 44.8 Å². The molecule has 30 heavy (non-hydrogen) atoms.